The Morgan fingerprint density at radius 2 is 2.20 bits per heavy atom. The van der Waals surface area contributed by atoms with Crippen LogP contribution >= 0.6 is 0 Å². The van der Waals surface area contributed by atoms with Crippen LogP contribution in [0.1, 0.15) is 0 Å². The molecular formula is C10H7F2N5O3. The van der Waals surface area contributed by atoms with Crippen molar-refractivity contribution in [2.75, 3.05) is 5.32 Å². The molecule has 20 heavy (non-hydrogen) atoms. The van der Waals surface area contributed by atoms with Gasteiger partial charge in [-0.25, -0.2) is 8.78 Å². The van der Waals surface area contributed by atoms with E-state index < -0.39 is 35.0 Å². The molecule has 0 aliphatic carbocycles. The molecule has 1 aromatic carbocycles. The quantitative estimate of drug-likeness (QED) is 0.668. The molecule has 0 fully saturated rings. The first-order valence-electron chi connectivity index (χ1n) is 5.24. The second-order valence-electron chi connectivity index (χ2n) is 3.67. The van der Waals surface area contributed by atoms with Gasteiger partial charge in [-0.2, -0.15) is 4.68 Å². The first-order valence-corrected chi connectivity index (χ1v) is 5.24. The summed E-state index contributed by atoms with van der Waals surface area (Å²) in [5, 5.41) is 16.0. The van der Waals surface area contributed by atoms with Crippen LogP contribution in [0.4, 0.5) is 20.4 Å². The molecule has 0 radical (unpaired) electrons. The van der Waals surface area contributed by atoms with Crippen LogP contribution in [-0.4, -0.2) is 25.6 Å². The molecule has 2 aromatic rings. The standard InChI is InChI=1S/C10H7F2N5O3/c11-6-1-2-8(7(12)3-6)14-9(18)4-16-5-13-10(15-16)17(19)20/h1-3,5H,4H2,(H,14,18). The highest BCUT2D eigenvalue weighted by atomic mass is 19.1. The number of rotatable bonds is 4. The van der Waals surface area contributed by atoms with Gasteiger partial charge in [-0.15, -0.1) is 0 Å². The molecule has 0 spiro atoms. The van der Waals surface area contributed by atoms with Crippen LogP contribution in [0, 0.1) is 21.7 Å². The third kappa shape index (κ3) is 3.10. The molecule has 10 heteroatoms. The normalized spacial score (nSPS) is 10.3. The summed E-state index contributed by atoms with van der Waals surface area (Å²) >= 11 is 0. The molecule has 0 atom stereocenters. The molecule has 0 unspecified atom stereocenters. The summed E-state index contributed by atoms with van der Waals surface area (Å²) in [5.74, 6) is -3.03. The van der Waals surface area contributed by atoms with Crippen LogP contribution in [-0.2, 0) is 11.3 Å². The van der Waals surface area contributed by atoms with Crippen molar-refractivity contribution in [3.8, 4) is 0 Å². The van der Waals surface area contributed by atoms with E-state index in [2.05, 4.69) is 15.4 Å². The minimum atomic E-state index is -0.928. The maximum atomic E-state index is 13.3. The number of carbonyl (C=O) groups is 1. The smallest absolute Gasteiger partial charge is 0.390 e. The van der Waals surface area contributed by atoms with E-state index in [1.54, 1.807) is 0 Å². The second kappa shape index (κ2) is 5.38. The summed E-state index contributed by atoms with van der Waals surface area (Å²) in [7, 11) is 0. The minimum Gasteiger partial charge on any atom is -0.390 e. The Morgan fingerprint density at radius 1 is 1.45 bits per heavy atom. The van der Waals surface area contributed by atoms with E-state index >= 15 is 0 Å². The first kappa shape index (κ1) is 13.5. The van der Waals surface area contributed by atoms with Gasteiger partial charge in [0, 0.05) is 11.2 Å². The van der Waals surface area contributed by atoms with E-state index in [0.717, 1.165) is 23.1 Å². The van der Waals surface area contributed by atoms with Crippen LogP contribution in [0.25, 0.3) is 0 Å². The summed E-state index contributed by atoms with van der Waals surface area (Å²) in [6.45, 7) is -0.391. The van der Waals surface area contributed by atoms with Gasteiger partial charge in [-0.05, 0) is 17.1 Å². The van der Waals surface area contributed by atoms with Crippen LogP contribution in [0.3, 0.4) is 0 Å². The highest BCUT2D eigenvalue weighted by molar-refractivity contribution is 5.90. The van der Waals surface area contributed by atoms with Crippen molar-refractivity contribution in [3.05, 3.63) is 46.3 Å². The van der Waals surface area contributed by atoms with Crippen molar-refractivity contribution in [2.24, 2.45) is 0 Å². The Labute approximate surface area is 110 Å². The fourth-order valence-corrected chi connectivity index (χ4v) is 1.37. The fourth-order valence-electron chi connectivity index (χ4n) is 1.37. The molecule has 0 bridgehead atoms. The third-order valence-electron chi connectivity index (χ3n) is 2.20. The summed E-state index contributed by atoms with van der Waals surface area (Å²) in [4.78, 5) is 24.5. The van der Waals surface area contributed by atoms with Crippen molar-refractivity contribution in [3.63, 3.8) is 0 Å². The molecule has 0 aliphatic rings. The Balaban J connectivity index is 2.03. The first-order chi connectivity index (χ1) is 9.45. The summed E-state index contributed by atoms with van der Waals surface area (Å²) in [6.07, 6.45) is 0.999. The zero-order valence-corrected chi connectivity index (χ0v) is 9.79. The highest BCUT2D eigenvalue weighted by Crippen LogP contribution is 2.14. The number of aromatic nitrogens is 3. The second-order valence-corrected chi connectivity index (χ2v) is 3.67. The number of nitrogens with zero attached hydrogens (tertiary/aromatic N) is 4. The molecule has 2 rings (SSSR count). The molecule has 0 aliphatic heterocycles. The average Bonchev–Trinajstić information content (AvgIpc) is 2.81. The SMILES string of the molecule is O=C(Cn1cnc([N+](=O)[O-])n1)Nc1ccc(F)cc1F. The lowest BCUT2D eigenvalue weighted by Gasteiger charge is -2.05. The van der Waals surface area contributed by atoms with Gasteiger partial charge < -0.3 is 15.4 Å². The lowest BCUT2D eigenvalue weighted by atomic mass is 10.3. The number of hydrogen-bond acceptors (Lipinski definition) is 5. The number of hydrogen-bond donors (Lipinski definition) is 1. The van der Waals surface area contributed by atoms with E-state index in [-0.39, 0.29) is 5.69 Å². The van der Waals surface area contributed by atoms with E-state index in [1.165, 1.54) is 0 Å². The van der Waals surface area contributed by atoms with E-state index in [1.807, 2.05) is 0 Å². The molecule has 0 saturated heterocycles. The maximum absolute atomic E-state index is 13.3. The predicted molar refractivity (Wildman–Crippen MR) is 61.7 cm³/mol. The molecular weight excluding hydrogens is 276 g/mol. The lowest BCUT2D eigenvalue weighted by molar-refractivity contribution is -0.394. The number of halogens is 2. The molecule has 1 heterocycles. The molecule has 8 nitrogen and oxygen atoms in total. The van der Waals surface area contributed by atoms with Crippen molar-refractivity contribution < 1.29 is 18.5 Å². The lowest BCUT2D eigenvalue weighted by Crippen LogP contribution is -2.19. The van der Waals surface area contributed by atoms with Gasteiger partial charge in [0.15, 0.2) is 0 Å². The zero-order valence-electron chi connectivity index (χ0n) is 9.79. The van der Waals surface area contributed by atoms with Crippen LogP contribution in [0.15, 0.2) is 24.5 Å². The topological polar surface area (TPSA) is 103 Å². The minimum absolute atomic E-state index is 0.203. The van der Waals surface area contributed by atoms with Gasteiger partial charge in [0.05, 0.1) is 5.69 Å². The Hall–Kier alpha value is -2.91. The van der Waals surface area contributed by atoms with Crippen molar-refractivity contribution in [2.45, 2.75) is 6.54 Å². The van der Waals surface area contributed by atoms with Crippen molar-refractivity contribution in [1.29, 1.82) is 0 Å². The zero-order chi connectivity index (χ0) is 14.7. The van der Waals surface area contributed by atoms with Gasteiger partial charge in [-0.1, -0.05) is 4.98 Å². The van der Waals surface area contributed by atoms with Gasteiger partial charge in [0.25, 0.3) is 0 Å². The monoisotopic (exact) mass is 283 g/mol. The Bertz CT molecular complexity index is 673. The Kier molecular flexibility index (Phi) is 3.64. The van der Waals surface area contributed by atoms with Gasteiger partial charge >= 0.3 is 5.95 Å². The largest absolute Gasteiger partial charge is 0.490 e. The summed E-state index contributed by atoms with van der Waals surface area (Å²) < 4.78 is 26.9. The molecule has 1 amide bonds. The number of nitro groups is 1. The molecule has 1 aromatic heterocycles. The highest BCUT2D eigenvalue weighted by Gasteiger charge is 2.16. The van der Waals surface area contributed by atoms with Crippen molar-refractivity contribution in [1.82, 2.24) is 14.8 Å². The van der Waals surface area contributed by atoms with E-state index in [4.69, 9.17) is 0 Å². The van der Waals surface area contributed by atoms with E-state index in [9.17, 15) is 23.7 Å². The number of benzene rings is 1. The summed E-state index contributed by atoms with van der Waals surface area (Å²) in [5.41, 5.74) is -0.203. The van der Waals surface area contributed by atoms with Crippen molar-refractivity contribution >= 4 is 17.5 Å². The molecule has 1 N–H and O–H groups in total. The van der Waals surface area contributed by atoms with Crippen LogP contribution in [0.2, 0.25) is 0 Å². The molecule has 0 saturated carbocycles. The van der Waals surface area contributed by atoms with E-state index in [0.29, 0.717) is 6.07 Å². The molecule has 104 valence electrons. The number of amides is 1. The maximum Gasteiger partial charge on any atom is 0.490 e. The van der Waals surface area contributed by atoms with Gasteiger partial charge in [0.1, 0.15) is 18.2 Å². The van der Waals surface area contributed by atoms with Gasteiger partial charge in [0.2, 0.25) is 12.2 Å². The number of anilines is 1. The third-order valence-corrected chi connectivity index (χ3v) is 2.20. The number of nitrogens with one attached hydrogen (secondary N) is 1. The van der Waals surface area contributed by atoms with Crippen LogP contribution in [0.5, 0.6) is 0 Å². The Morgan fingerprint density at radius 3 is 2.80 bits per heavy atom. The fraction of sp³-hybridized carbons (Fsp3) is 0.100. The van der Waals surface area contributed by atoms with Gasteiger partial charge in [-0.3, -0.25) is 4.79 Å². The predicted octanol–water partition coefficient (Wildman–Crippen LogP) is 1.10. The average molecular weight is 283 g/mol. The number of carbonyl (C=O) groups excluding carboxylic acids is 1. The van der Waals surface area contributed by atoms with Crippen LogP contribution < -0.4 is 5.32 Å². The summed E-state index contributed by atoms with van der Waals surface area (Å²) in [6, 6.07) is 2.67.